The Morgan fingerprint density at radius 1 is 1.07 bits per heavy atom. The van der Waals surface area contributed by atoms with Gasteiger partial charge in [0.05, 0.1) is 21.3 Å². The van der Waals surface area contributed by atoms with E-state index >= 15 is 0 Å². The highest BCUT2D eigenvalue weighted by Gasteiger charge is 2.25. The van der Waals surface area contributed by atoms with Crippen molar-refractivity contribution in [2.45, 2.75) is 71.0 Å². The summed E-state index contributed by atoms with van der Waals surface area (Å²) < 4.78 is 3.50. The molecule has 0 spiro atoms. The second kappa shape index (κ2) is 13.3. The first kappa shape index (κ1) is 28.8. The van der Waals surface area contributed by atoms with Crippen molar-refractivity contribution in [2.75, 3.05) is 25.4 Å². The molecule has 0 saturated heterocycles. The number of nitrogens with zero attached hydrogens (tertiary/aromatic N) is 5. The molecule has 8 heteroatoms. The summed E-state index contributed by atoms with van der Waals surface area (Å²) >= 11 is 3.68. The number of aryl methyl sites for hydroxylation is 2. The second-order valence-corrected chi connectivity index (χ2v) is 12.5. The van der Waals surface area contributed by atoms with Gasteiger partial charge in [-0.05, 0) is 87.0 Å². The van der Waals surface area contributed by atoms with Gasteiger partial charge in [0.1, 0.15) is 0 Å². The van der Waals surface area contributed by atoms with Gasteiger partial charge in [0.25, 0.3) is 0 Å². The van der Waals surface area contributed by atoms with Crippen molar-refractivity contribution in [1.29, 1.82) is 0 Å². The van der Waals surface area contributed by atoms with Crippen molar-refractivity contribution < 1.29 is 0 Å². The maximum Gasteiger partial charge on any atom is 0.191 e. The molecular formula is C32H42N6S2. The molecule has 3 aromatic rings. The number of hydrogen-bond donors (Lipinski definition) is 1. The molecule has 0 fully saturated rings. The van der Waals surface area contributed by atoms with Crippen LogP contribution in [0.5, 0.6) is 0 Å². The van der Waals surface area contributed by atoms with E-state index in [2.05, 4.69) is 88.4 Å². The molecular weight excluding hydrogens is 533 g/mol. The summed E-state index contributed by atoms with van der Waals surface area (Å²) in [7, 11) is 2.09. The van der Waals surface area contributed by atoms with Crippen LogP contribution in [-0.2, 0) is 26.3 Å². The van der Waals surface area contributed by atoms with Gasteiger partial charge >= 0.3 is 0 Å². The van der Waals surface area contributed by atoms with Gasteiger partial charge in [0, 0.05) is 30.6 Å². The van der Waals surface area contributed by atoms with Crippen LogP contribution in [0.1, 0.15) is 62.5 Å². The van der Waals surface area contributed by atoms with Crippen LogP contribution in [0.25, 0.3) is 15.8 Å². The van der Waals surface area contributed by atoms with E-state index in [9.17, 15) is 0 Å². The van der Waals surface area contributed by atoms with Gasteiger partial charge in [0.15, 0.2) is 11.0 Å². The molecule has 1 aromatic carbocycles. The summed E-state index contributed by atoms with van der Waals surface area (Å²) in [6.07, 6.45) is 16.5. The van der Waals surface area contributed by atoms with E-state index in [0.29, 0.717) is 0 Å². The van der Waals surface area contributed by atoms with E-state index in [1.54, 1.807) is 0 Å². The summed E-state index contributed by atoms with van der Waals surface area (Å²) in [6, 6.07) is 4.99. The van der Waals surface area contributed by atoms with Crippen molar-refractivity contribution in [3.63, 3.8) is 0 Å². The number of benzene rings is 1. The monoisotopic (exact) mass is 574 g/mol. The highest BCUT2D eigenvalue weighted by molar-refractivity contribution is 7.99. The van der Waals surface area contributed by atoms with Crippen LogP contribution in [-0.4, -0.2) is 56.1 Å². The molecule has 0 bridgehead atoms. The molecule has 1 unspecified atom stereocenters. The SMILES string of the molecule is CC.CCc1nc2cc3c(cc2s1)CCN(CCCSc1nnc(C2=CC=CC4NC(C)=CC=C24)n1C)CCC3. The van der Waals surface area contributed by atoms with E-state index in [0.717, 1.165) is 61.1 Å². The summed E-state index contributed by atoms with van der Waals surface area (Å²) in [5.74, 6) is 1.99. The molecule has 0 amide bonds. The fraction of sp³-hybridized carbons (Fsp3) is 0.469. The third-order valence-electron chi connectivity index (χ3n) is 7.71. The number of nitrogens with one attached hydrogen (secondary N) is 1. The van der Waals surface area contributed by atoms with E-state index in [-0.39, 0.29) is 6.04 Å². The zero-order valence-electron chi connectivity index (χ0n) is 24.5. The summed E-state index contributed by atoms with van der Waals surface area (Å²) in [6.45, 7) is 11.7. The summed E-state index contributed by atoms with van der Waals surface area (Å²) in [5, 5.41) is 14.9. The lowest BCUT2D eigenvalue weighted by molar-refractivity contribution is 0.270. The lowest BCUT2D eigenvalue weighted by Crippen LogP contribution is -2.31. The molecule has 6 rings (SSSR count). The Bertz CT molecular complexity index is 1460. The predicted octanol–water partition coefficient (Wildman–Crippen LogP) is 6.74. The molecule has 1 atom stereocenters. The number of aromatic nitrogens is 4. The maximum absolute atomic E-state index is 4.82. The van der Waals surface area contributed by atoms with Crippen molar-refractivity contribution in [3.8, 4) is 0 Å². The highest BCUT2D eigenvalue weighted by atomic mass is 32.2. The molecule has 4 heterocycles. The number of fused-ring (bicyclic) bond motifs is 3. The van der Waals surface area contributed by atoms with Gasteiger partial charge in [-0.1, -0.05) is 56.8 Å². The number of dihydropyridines is 1. The minimum absolute atomic E-state index is 0.208. The third-order valence-corrected chi connectivity index (χ3v) is 9.98. The number of thioether (sulfide) groups is 1. The maximum atomic E-state index is 4.82. The third kappa shape index (κ3) is 6.29. The Morgan fingerprint density at radius 2 is 1.93 bits per heavy atom. The van der Waals surface area contributed by atoms with Crippen molar-refractivity contribution in [2.24, 2.45) is 7.05 Å². The average molecular weight is 575 g/mol. The fourth-order valence-corrected chi connectivity index (χ4v) is 7.41. The highest BCUT2D eigenvalue weighted by Crippen LogP contribution is 2.32. The Labute approximate surface area is 247 Å². The van der Waals surface area contributed by atoms with E-state index in [4.69, 9.17) is 4.98 Å². The Kier molecular flexibility index (Phi) is 9.60. The largest absolute Gasteiger partial charge is 0.378 e. The second-order valence-electron chi connectivity index (χ2n) is 10.4. The van der Waals surface area contributed by atoms with Gasteiger partial charge in [0.2, 0.25) is 0 Å². The van der Waals surface area contributed by atoms with Gasteiger partial charge in [-0.15, -0.1) is 21.5 Å². The minimum Gasteiger partial charge on any atom is -0.378 e. The van der Waals surface area contributed by atoms with Crippen molar-refractivity contribution in [3.05, 3.63) is 75.7 Å². The molecule has 2 aliphatic heterocycles. The van der Waals surface area contributed by atoms with Gasteiger partial charge in [-0.2, -0.15) is 0 Å². The van der Waals surface area contributed by atoms with Crippen LogP contribution in [0, 0.1) is 0 Å². The average Bonchev–Trinajstić information content (AvgIpc) is 3.54. The van der Waals surface area contributed by atoms with Crippen molar-refractivity contribution >= 4 is 38.9 Å². The molecule has 212 valence electrons. The zero-order chi connectivity index (χ0) is 28.1. The molecule has 2 aromatic heterocycles. The summed E-state index contributed by atoms with van der Waals surface area (Å²) in [5.41, 5.74) is 7.83. The number of rotatable bonds is 7. The zero-order valence-corrected chi connectivity index (χ0v) is 26.2. The first-order valence-corrected chi connectivity index (χ1v) is 16.6. The molecule has 3 aliphatic rings. The lowest BCUT2D eigenvalue weighted by atomic mass is 9.90. The Balaban J connectivity index is 0.00000158. The molecule has 0 saturated carbocycles. The lowest BCUT2D eigenvalue weighted by Gasteiger charge is -2.27. The van der Waals surface area contributed by atoms with E-state index in [1.165, 1.54) is 50.6 Å². The van der Waals surface area contributed by atoms with Crippen LogP contribution in [0.2, 0.25) is 0 Å². The normalized spacial score (nSPS) is 18.8. The van der Waals surface area contributed by atoms with Crippen LogP contribution >= 0.6 is 23.1 Å². The molecule has 40 heavy (non-hydrogen) atoms. The standard InChI is InChI=1S/C30H36N6S2.C2H6/c1-4-28-32-26-18-21-8-6-14-36(16-13-22(21)19-27(26)38-28)15-7-17-37-30-34-33-29(35(30)3)24-9-5-10-25-23(24)12-11-20(2)31-25;1-2/h5,9-12,18-19,25,31H,4,6-8,13-17H2,1-3H3;1-2H3. The van der Waals surface area contributed by atoms with Crippen LogP contribution < -0.4 is 5.32 Å². The predicted molar refractivity (Wildman–Crippen MR) is 171 cm³/mol. The minimum atomic E-state index is 0.208. The molecule has 1 aliphatic carbocycles. The smallest absolute Gasteiger partial charge is 0.191 e. The number of allylic oxidation sites excluding steroid dienone is 5. The van der Waals surface area contributed by atoms with Gasteiger partial charge in [-0.25, -0.2) is 4.98 Å². The first-order valence-electron chi connectivity index (χ1n) is 14.8. The van der Waals surface area contributed by atoms with Crippen molar-refractivity contribution in [1.82, 2.24) is 30.0 Å². The molecule has 1 N–H and O–H groups in total. The Morgan fingerprint density at radius 3 is 2.77 bits per heavy atom. The molecule has 0 radical (unpaired) electrons. The number of hydrogen-bond acceptors (Lipinski definition) is 7. The fourth-order valence-electron chi connectivity index (χ4n) is 5.62. The van der Waals surface area contributed by atoms with E-state index < -0.39 is 0 Å². The van der Waals surface area contributed by atoms with Gasteiger partial charge < -0.3 is 14.8 Å². The molecule has 6 nitrogen and oxygen atoms in total. The van der Waals surface area contributed by atoms with Crippen LogP contribution in [0.4, 0.5) is 0 Å². The number of thiazole rings is 1. The Hall–Kier alpha value is -2.68. The quantitative estimate of drug-likeness (QED) is 0.249. The topological polar surface area (TPSA) is 58.9 Å². The van der Waals surface area contributed by atoms with Crippen LogP contribution in [0.15, 0.2) is 58.9 Å². The first-order chi connectivity index (χ1) is 19.6. The summed E-state index contributed by atoms with van der Waals surface area (Å²) in [4.78, 5) is 7.47. The van der Waals surface area contributed by atoms with Crippen LogP contribution in [0.3, 0.4) is 0 Å². The van der Waals surface area contributed by atoms with Gasteiger partial charge in [-0.3, -0.25) is 0 Å². The van der Waals surface area contributed by atoms with E-state index in [1.807, 2.05) is 36.9 Å².